The van der Waals surface area contributed by atoms with Crippen LogP contribution in [0.5, 0.6) is 5.75 Å². The lowest BCUT2D eigenvalue weighted by Gasteiger charge is -2.34. The zero-order valence-electron chi connectivity index (χ0n) is 22.1. The number of hydrogen-bond acceptors (Lipinski definition) is 6. The van der Waals surface area contributed by atoms with Crippen LogP contribution in [0.25, 0.3) is 11.1 Å². The predicted molar refractivity (Wildman–Crippen MR) is 139 cm³/mol. The minimum atomic E-state index is -1.28. The number of halogens is 2. The van der Waals surface area contributed by atoms with Gasteiger partial charge in [0.25, 0.3) is 5.91 Å². The molecule has 2 unspecified atom stereocenters. The summed E-state index contributed by atoms with van der Waals surface area (Å²) in [6, 6.07) is 9.65. The smallest absolute Gasteiger partial charge is 0.326 e. The molecule has 0 radical (unpaired) electrons. The van der Waals surface area contributed by atoms with E-state index in [0.29, 0.717) is 24.5 Å². The highest BCUT2D eigenvalue weighted by atomic mass is 19.1. The minimum absolute atomic E-state index is 0.137. The van der Waals surface area contributed by atoms with E-state index in [9.17, 15) is 29.5 Å². The Balaban J connectivity index is 1.51. The number of alkyl halides is 1. The molecule has 10 heteroatoms. The molecule has 8 nitrogen and oxygen atoms in total. The first kappa shape index (κ1) is 28.5. The third-order valence-corrected chi connectivity index (χ3v) is 7.24. The molecule has 0 spiro atoms. The maximum atomic E-state index is 15.0. The van der Waals surface area contributed by atoms with Gasteiger partial charge in [-0.15, -0.1) is 0 Å². The molecule has 2 heterocycles. The van der Waals surface area contributed by atoms with E-state index in [4.69, 9.17) is 4.74 Å². The molecular weight excluding hydrogens is 508 g/mol. The molecule has 4 rings (SSSR count). The van der Waals surface area contributed by atoms with Gasteiger partial charge in [-0.2, -0.15) is 5.26 Å². The van der Waals surface area contributed by atoms with E-state index < -0.39 is 35.5 Å². The van der Waals surface area contributed by atoms with Crippen LogP contribution in [0, 0.1) is 23.1 Å². The Bertz CT molecular complexity index is 1260. The van der Waals surface area contributed by atoms with Gasteiger partial charge in [-0.25, -0.2) is 13.6 Å². The molecular formula is C29H33F2N3O5. The molecule has 0 aromatic heterocycles. The number of ether oxygens (including phenoxy) is 1. The summed E-state index contributed by atoms with van der Waals surface area (Å²) in [4.78, 5) is 28.0. The third kappa shape index (κ3) is 6.72. The summed E-state index contributed by atoms with van der Waals surface area (Å²) in [6.07, 6.45) is 0.554. The van der Waals surface area contributed by atoms with E-state index in [1.165, 1.54) is 18.2 Å². The second kappa shape index (κ2) is 11.7. The van der Waals surface area contributed by atoms with Crippen molar-refractivity contribution in [1.29, 1.82) is 5.26 Å². The molecule has 2 N–H and O–H groups in total. The maximum absolute atomic E-state index is 15.0. The van der Waals surface area contributed by atoms with E-state index >= 15 is 4.39 Å². The highest BCUT2D eigenvalue weighted by molar-refractivity contribution is 6.03. The summed E-state index contributed by atoms with van der Waals surface area (Å²) in [5.74, 6) is -2.31. The molecule has 2 atom stereocenters. The number of likely N-dealkylation sites (tertiary alicyclic amines) is 2. The van der Waals surface area contributed by atoms with Crippen LogP contribution in [-0.2, 0) is 4.79 Å². The topological polar surface area (TPSA) is 114 Å². The number of carboxylic acids is 1. The van der Waals surface area contributed by atoms with Crippen LogP contribution in [0.1, 0.15) is 49.0 Å². The molecule has 39 heavy (non-hydrogen) atoms. The van der Waals surface area contributed by atoms with Gasteiger partial charge in [0.15, 0.2) is 0 Å². The van der Waals surface area contributed by atoms with Crippen LogP contribution < -0.4 is 4.74 Å². The number of nitriles is 1. The standard InChI is InChI=1S/C29H33F2N3O5/c1-29(2,31)17-33-10-8-18(9-11-33)16-39-25-7-6-19(12-20(25)14-32)22-4-3-5-23(30)26(22)27(36)34-15-21(35)13-24(34)28(37)38/h3-7,12,18,21,24,35H,8-11,13,15-17H2,1-2H3,(H,37,38). The van der Waals surface area contributed by atoms with Crippen LogP contribution in [0.15, 0.2) is 36.4 Å². The van der Waals surface area contributed by atoms with Crippen LogP contribution >= 0.6 is 0 Å². The number of benzene rings is 2. The predicted octanol–water partition coefficient (Wildman–Crippen LogP) is 3.86. The molecule has 1 amide bonds. The number of carbonyl (C=O) groups is 2. The number of rotatable bonds is 8. The second-order valence-electron chi connectivity index (χ2n) is 10.9. The van der Waals surface area contributed by atoms with Gasteiger partial charge in [0, 0.05) is 19.5 Å². The SMILES string of the molecule is CC(C)(F)CN1CCC(COc2ccc(-c3cccc(F)c3C(=O)N3CC(O)CC3C(=O)O)cc2C#N)CC1. The number of aliphatic hydroxyl groups excluding tert-OH is 1. The Morgan fingerprint density at radius 1 is 1.21 bits per heavy atom. The van der Waals surface area contributed by atoms with Gasteiger partial charge in [-0.3, -0.25) is 4.79 Å². The van der Waals surface area contributed by atoms with Crippen molar-refractivity contribution < 1.29 is 33.3 Å². The van der Waals surface area contributed by atoms with Crippen LogP contribution in [0.2, 0.25) is 0 Å². The van der Waals surface area contributed by atoms with E-state index in [-0.39, 0.29) is 35.6 Å². The quantitative estimate of drug-likeness (QED) is 0.522. The number of aliphatic carboxylic acids is 1. The Hall–Kier alpha value is -3.55. The number of carboxylic acid groups (broad SMARTS) is 1. The van der Waals surface area contributed by atoms with Crippen molar-refractivity contribution >= 4 is 11.9 Å². The largest absolute Gasteiger partial charge is 0.492 e. The van der Waals surface area contributed by atoms with Crippen molar-refractivity contribution in [2.45, 2.75) is 50.9 Å². The van der Waals surface area contributed by atoms with Crippen LogP contribution in [0.3, 0.4) is 0 Å². The summed E-state index contributed by atoms with van der Waals surface area (Å²) in [5, 5.41) is 29.2. The number of hydrogen-bond donors (Lipinski definition) is 2. The van der Waals surface area contributed by atoms with E-state index in [1.807, 2.05) is 0 Å². The number of carbonyl (C=O) groups excluding carboxylic acids is 1. The molecule has 2 aliphatic heterocycles. The van der Waals surface area contributed by atoms with Crippen molar-refractivity contribution in [3.8, 4) is 22.9 Å². The number of aliphatic hydroxyl groups is 1. The normalized spacial score (nSPS) is 20.6. The Kier molecular flexibility index (Phi) is 8.52. The summed E-state index contributed by atoms with van der Waals surface area (Å²) in [5.41, 5.74) is -0.746. The van der Waals surface area contributed by atoms with Crippen molar-refractivity contribution in [2.75, 3.05) is 32.8 Å². The molecule has 2 aliphatic rings. The molecule has 208 valence electrons. The average Bonchev–Trinajstić information content (AvgIpc) is 3.29. The Morgan fingerprint density at radius 3 is 2.56 bits per heavy atom. The summed E-state index contributed by atoms with van der Waals surface area (Å²) >= 11 is 0. The van der Waals surface area contributed by atoms with Crippen molar-refractivity contribution in [3.05, 3.63) is 53.3 Å². The lowest BCUT2D eigenvalue weighted by molar-refractivity contribution is -0.141. The van der Waals surface area contributed by atoms with Gasteiger partial charge in [0.05, 0.1) is 23.8 Å². The van der Waals surface area contributed by atoms with Gasteiger partial charge < -0.3 is 24.7 Å². The lowest BCUT2D eigenvalue weighted by Crippen LogP contribution is -2.41. The fourth-order valence-corrected chi connectivity index (χ4v) is 5.36. The summed E-state index contributed by atoms with van der Waals surface area (Å²) in [6.45, 7) is 5.27. The molecule has 0 aliphatic carbocycles. The summed E-state index contributed by atoms with van der Waals surface area (Å²) in [7, 11) is 0. The number of nitrogens with zero attached hydrogens (tertiary/aromatic N) is 3. The van der Waals surface area contributed by atoms with E-state index in [1.54, 1.807) is 26.0 Å². The first-order valence-corrected chi connectivity index (χ1v) is 13.1. The number of piperidine rings is 1. The fraction of sp³-hybridized carbons (Fsp3) is 0.483. The van der Waals surface area contributed by atoms with E-state index in [0.717, 1.165) is 36.9 Å². The molecule has 2 saturated heterocycles. The zero-order chi connectivity index (χ0) is 28.3. The summed E-state index contributed by atoms with van der Waals surface area (Å²) < 4.78 is 34.9. The third-order valence-electron chi connectivity index (χ3n) is 7.24. The molecule has 0 bridgehead atoms. The Labute approximate surface area is 226 Å². The maximum Gasteiger partial charge on any atom is 0.326 e. The van der Waals surface area contributed by atoms with Crippen molar-refractivity contribution in [1.82, 2.24) is 9.80 Å². The monoisotopic (exact) mass is 541 g/mol. The van der Waals surface area contributed by atoms with Gasteiger partial charge in [0.1, 0.15) is 29.3 Å². The molecule has 2 aromatic rings. The zero-order valence-corrected chi connectivity index (χ0v) is 22.1. The van der Waals surface area contributed by atoms with E-state index in [2.05, 4.69) is 11.0 Å². The van der Waals surface area contributed by atoms with Gasteiger partial charge in [0.2, 0.25) is 0 Å². The highest BCUT2D eigenvalue weighted by Crippen LogP contribution is 2.33. The van der Waals surface area contributed by atoms with Crippen LogP contribution in [-0.4, -0.2) is 82.5 Å². The second-order valence-corrected chi connectivity index (χ2v) is 10.9. The molecule has 0 saturated carbocycles. The van der Waals surface area contributed by atoms with Crippen LogP contribution in [0.4, 0.5) is 8.78 Å². The molecule has 2 fully saturated rings. The van der Waals surface area contributed by atoms with Crippen molar-refractivity contribution in [3.63, 3.8) is 0 Å². The first-order chi connectivity index (χ1) is 18.5. The number of amides is 1. The highest BCUT2D eigenvalue weighted by Gasteiger charge is 2.40. The lowest BCUT2D eigenvalue weighted by atomic mass is 9.96. The van der Waals surface area contributed by atoms with Gasteiger partial charge in [-0.05, 0) is 75.0 Å². The minimum Gasteiger partial charge on any atom is -0.492 e. The molecule has 2 aromatic carbocycles. The Morgan fingerprint density at radius 2 is 1.92 bits per heavy atom. The fourth-order valence-electron chi connectivity index (χ4n) is 5.36. The first-order valence-electron chi connectivity index (χ1n) is 13.1. The van der Waals surface area contributed by atoms with Gasteiger partial charge in [-0.1, -0.05) is 18.2 Å². The number of β-amino-alcohol motifs (C(OH)–C–C–N with tert-alkyl or cyclic N) is 1. The van der Waals surface area contributed by atoms with Crippen molar-refractivity contribution in [2.24, 2.45) is 5.92 Å². The van der Waals surface area contributed by atoms with Gasteiger partial charge >= 0.3 is 5.97 Å². The average molecular weight is 542 g/mol.